The summed E-state index contributed by atoms with van der Waals surface area (Å²) in [5.74, 6) is -0.641. The number of anilines is 1. The van der Waals surface area contributed by atoms with Gasteiger partial charge in [-0.2, -0.15) is 5.26 Å². The number of carbonyl (C=O) groups is 1. The van der Waals surface area contributed by atoms with Crippen LogP contribution in [0.3, 0.4) is 0 Å². The molecule has 148 valence electrons. The Morgan fingerprint density at radius 2 is 1.79 bits per heavy atom. The second kappa shape index (κ2) is 9.50. The van der Waals surface area contributed by atoms with Crippen LogP contribution in [-0.2, 0) is 9.53 Å². The van der Waals surface area contributed by atoms with E-state index >= 15 is 0 Å². The van der Waals surface area contributed by atoms with Crippen molar-refractivity contribution in [3.05, 3.63) is 30.0 Å². The lowest BCUT2D eigenvalue weighted by atomic mass is 10.0. The largest absolute Gasteiger partial charge is 0.464 e. The van der Waals surface area contributed by atoms with Crippen molar-refractivity contribution in [2.45, 2.75) is 51.9 Å². The molecule has 0 radical (unpaired) electrons. The van der Waals surface area contributed by atoms with Gasteiger partial charge >= 0.3 is 5.97 Å². The van der Waals surface area contributed by atoms with Crippen molar-refractivity contribution in [2.75, 3.05) is 24.6 Å². The molecule has 1 aliphatic heterocycles. The number of rotatable bonds is 7. The summed E-state index contributed by atoms with van der Waals surface area (Å²) in [6.07, 6.45) is 5.21. The van der Waals surface area contributed by atoms with Crippen LogP contribution in [-0.4, -0.2) is 35.6 Å². The minimum atomic E-state index is -1.07. The summed E-state index contributed by atoms with van der Waals surface area (Å²) in [7, 11) is 0. The van der Waals surface area contributed by atoms with E-state index in [2.05, 4.69) is 29.8 Å². The predicted octanol–water partition coefficient (Wildman–Crippen LogP) is 4.21. The van der Waals surface area contributed by atoms with Crippen molar-refractivity contribution < 1.29 is 9.53 Å². The van der Waals surface area contributed by atoms with E-state index in [1.54, 1.807) is 0 Å². The van der Waals surface area contributed by atoms with E-state index in [1.165, 1.54) is 6.42 Å². The zero-order valence-electron chi connectivity index (χ0n) is 16.7. The van der Waals surface area contributed by atoms with Gasteiger partial charge in [0.1, 0.15) is 5.69 Å². The lowest BCUT2D eigenvalue weighted by Crippen LogP contribution is -2.32. The van der Waals surface area contributed by atoms with Gasteiger partial charge in [0, 0.05) is 13.1 Å². The fourth-order valence-electron chi connectivity index (χ4n) is 3.57. The van der Waals surface area contributed by atoms with Gasteiger partial charge in [0.2, 0.25) is 0 Å². The number of hydrogen-bond acceptors (Lipinski definition) is 6. The second-order valence-corrected chi connectivity index (χ2v) is 7.34. The van der Waals surface area contributed by atoms with Crippen molar-refractivity contribution in [2.24, 2.45) is 5.92 Å². The lowest BCUT2D eigenvalue weighted by Gasteiger charge is -2.29. The first-order valence-electron chi connectivity index (χ1n) is 10.3. The van der Waals surface area contributed by atoms with Crippen molar-refractivity contribution in [3.8, 4) is 6.07 Å². The highest BCUT2D eigenvalue weighted by molar-refractivity contribution is 5.85. The van der Waals surface area contributed by atoms with Gasteiger partial charge in [-0.05, 0) is 37.3 Å². The first-order chi connectivity index (χ1) is 13.7. The third-order valence-electron chi connectivity index (χ3n) is 5.49. The van der Waals surface area contributed by atoms with Gasteiger partial charge < -0.3 is 9.64 Å². The maximum absolute atomic E-state index is 12.8. The topological polar surface area (TPSA) is 79.1 Å². The van der Waals surface area contributed by atoms with E-state index in [9.17, 15) is 10.1 Å². The Balaban J connectivity index is 1.95. The molecule has 1 aromatic carbocycles. The summed E-state index contributed by atoms with van der Waals surface area (Å²) in [4.78, 5) is 24.4. The monoisotopic (exact) mass is 380 g/mol. The molecule has 0 saturated carbocycles. The normalized spacial score (nSPS) is 15.4. The summed E-state index contributed by atoms with van der Waals surface area (Å²) in [6.45, 7) is 6.21. The molecule has 0 N–H and O–H groups in total. The van der Waals surface area contributed by atoms with Crippen LogP contribution in [0.25, 0.3) is 11.0 Å². The molecule has 0 spiro atoms. The molecule has 1 atom stereocenters. The summed E-state index contributed by atoms with van der Waals surface area (Å²) >= 11 is 0. The smallest absolute Gasteiger partial charge is 0.329 e. The van der Waals surface area contributed by atoms with E-state index in [4.69, 9.17) is 9.72 Å². The molecule has 0 amide bonds. The maximum Gasteiger partial charge on any atom is 0.329 e. The summed E-state index contributed by atoms with van der Waals surface area (Å²) in [6, 6.07) is 9.69. The molecule has 0 aliphatic carbocycles. The van der Waals surface area contributed by atoms with Crippen LogP contribution >= 0.6 is 0 Å². The van der Waals surface area contributed by atoms with Gasteiger partial charge in [-0.15, -0.1) is 0 Å². The average molecular weight is 380 g/mol. The number of ether oxygens (including phenoxy) is 1. The average Bonchev–Trinajstić information content (AvgIpc) is 2.75. The predicted molar refractivity (Wildman–Crippen MR) is 109 cm³/mol. The first kappa shape index (κ1) is 20.1. The van der Waals surface area contributed by atoms with Crippen LogP contribution in [0.2, 0.25) is 0 Å². The van der Waals surface area contributed by atoms with Gasteiger partial charge in [-0.1, -0.05) is 38.8 Å². The molecule has 6 nitrogen and oxygen atoms in total. The fraction of sp³-hybridized carbons (Fsp3) is 0.545. The number of aromatic nitrogens is 2. The van der Waals surface area contributed by atoms with E-state index in [1.807, 2.05) is 24.3 Å². The van der Waals surface area contributed by atoms with Crippen LogP contribution < -0.4 is 4.90 Å². The molecule has 2 heterocycles. The number of para-hydroxylation sites is 2. The Kier molecular flexibility index (Phi) is 6.80. The van der Waals surface area contributed by atoms with Crippen LogP contribution in [0.15, 0.2) is 24.3 Å². The molecule has 1 fully saturated rings. The van der Waals surface area contributed by atoms with Crippen LogP contribution in [0.5, 0.6) is 0 Å². The Hall–Kier alpha value is -2.68. The number of fused-ring (bicyclic) bond motifs is 1. The molecule has 28 heavy (non-hydrogen) atoms. The second-order valence-electron chi connectivity index (χ2n) is 7.34. The Labute approximate surface area is 166 Å². The molecule has 1 saturated heterocycles. The summed E-state index contributed by atoms with van der Waals surface area (Å²) in [5.41, 5.74) is 1.87. The van der Waals surface area contributed by atoms with Gasteiger partial charge in [-0.3, -0.25) is 4.79 Å². The molecule has 0 bridgehead atoms. The molecule has 1 aromatic heterocycles. The van der Waals surface area contributed by atoms with E-state index in [-0.39, 0.29) is 0 Å². The third kappa shape index (κ3) is 4.41. The Bertz CT molecular complexity index is 851. The molecule has 0 unspecified atom stereocenters. The highest BCUT2D eigenvalue weighted by Crippen LogP contribution is 2.30. The van der Waals surface area contributed by atoms with Crippen molar-refractivity contribution in [1.82, 2.24) is 9.97 Å². The third-order valence-corrected chi connectivity index (χ3v) is 5.49. The van der Waals surface area contributed by atoms with Crippen molar-refractivity contribution >= 4 is 22.8 Å². The maximum atomic E-state index is 12.8. The molecular weight excluding hydrogens is 352 g/mol. The summed E-state index contributed by atoms with van der Waals surface area (Å²) in [5, 5.41) is 9.79. The van der Waals surface area contributed by atoms with Gasteiger partial charge in [0.05, 0.1) is 23.7 Å². The SMILES string of the molecule is CCC(CC)COC(=O)[C@@H](C#N)c1nc2ccccc2nc1N1CCCCC1. The fourth-order valence-corrected chi connectivity index (χ4v) is 3.57. The molecule has 6 heteroatoms. The van der Waals surface area contributed by atoms with Gasteiger partial charge in [-0.25, -0.2) is 9.97 Å². The number of hydrogen-bond donors (Lipinski definition) is 0. The van der Waals surface area contributed by atoms with Crippen molar-refractivity contribution in [3.63, 3.8) is 0 Å². The number of nitrogens with zero attached hydrogens (tertiary/aromatic N) is 4. The minimum Gasteiger partial charge on any atom is -0.464 e. The number of benzene rings is 1. The standard InChI is InChI=1S/C22H28N4O2/c1-3-16(4-2)15-28-22(27)17(14-23)20-21(26-12-8-5-9-13-26)25-19-11-7-6-10-18(19)24-20/h6-7,10-11,16-17H,3-5,8-9,12-13,15H2,1-2H3/t17-/m0/s1. The zero-order valence-corrected chi connectivity index (χ0v) is 16.7. The van der Waals surface area contributed by atoms with Crippen LogP contribution in [0.1, 0.15) is 57.6 Å². The van der Waals surface area contributed by atoms with Crippen molar-refractivity contribution in [1.29, 1.82) is 5.26 Å². The molecule has 1 aliphatic rings. The highest BCUT2D eigenvalue weighted by Gasteiger charge is 2.30. The van der Waals surface area contributed by atoms with Crippen LogP contribution in [0, 0.1) is 17.2 Å². The number of carbonyl (C=O) groups excluding carboxylic acids is 1. The first-order valence-corrected chi connectivity index (χ1v) is 10.3. The van der Waals surface area contributed by atoms with E-state index in [0.717, 1.165) is 44.3 Å². The molecule has 2 aromatic rings. The lowest BCUT2D eigenvalue weighted by molar-refractivity contribution is -0.145. The van der Waals surface area contributed by atoms with Gasteiger partial charge in [0.25, 0.3) is 0 Å². The number of nitriles is 1. The molecular formula is C22H28N4O2. The highest BCUT2D eigenvalue weighted by atomic mass is 16.5. The zero-order chi connectivity index (χ0) is 19.9. The molecule has 3 rings (SSSR count). The van der Waals surface area contributed by atoms with Crippen LogP contribution in [0.4, 0.5) is 5.82 Å². The van der Waals surface area contributed by atoms with E-state index < -0.39 is 11.9 Å². The van der Waals surface area contributed by atoms with E-state index in [0.29, 0.717) is 29.6 Å². The van der Waals surface area contributed by atoms with Gasteiger partial charge in [0.15, 0.2) is 11.7 Å². The number of piperidine rings is 1. The summed E-state index contributed by atoms with van der Waals surface area (Å²) < 4.78 is 5.50. The minimum absolute atomic E-state index is 0.313. The quantitative estimate of drug-likeness (QED) is 0.670. The Morgan fingerprint density at radius 3 is 2.39 bits per heavy atom. The number of esters is 1. The Morgan fingerprint density at radius 1 is 1.14 bits per heavy atom.